The van der Waals surface area contributed by atoms with Gasteiger partial charge in [-0.2, -0.15) is 16.9 Å². The van der Waals surface area contributed by atoms with Gasteiger partial charge in [-0.25, -0.2) is 0 Å². The zero-order valence-electron chi connectivity index (χ0n) is 17.9. The molecule has 8 nitrogen and oxygen atoms in total. The average molecular weight is 460 g/mol. The zero-order chi connectivity index (χ0) is 22.7. The molecule has 3 aliphatic rings. The predicted molar refractivity (Wildman–Crippen MR) is 125 cm³/mol. The Balaban J connectivity index is 1.29. The summed E-state index contributed by atoms with van der Waals surface area (Å²) in [7, 11) is 1.82. The number of aryl methyl sites for hydroxylation is 1. The highest BCUT2D eigenvalue weighted by Crippen LogP contribution is 2.45. The van der Waals surface area contributed by atoms with Gasteiger partial charge in [-0.1, -0.05) is 30.3 Å². The molecule has 1 aromatic heterocycles. The Morgan fingerprint density at radius 2 is 1.82 bits per heavy atom. The highest BCUT2D eigenvalue weighted by Gasteiger charge is 2.47. The Morgan fingerprint density at radius 1 is 1.06 bits per heavy atom. The van der Waals surface area contributed by atoms with Crippen LogP contribution in [0.1, 0.15) is 50.1 Å². The number of aromatic nitrogens is 2. The lowest BCUT2D eigenvalue weighted by atomic mass is 10.0. The number of para-hydroxylation sites is 1. The summed E-state index contributed by atoms with van der Waals surface area (Å²) in [5, 5.41) is 7.46. The predicted octanol–water partition coefficient (Wildman–Crippen LogP) is 3.31. The van der Waals surface area contributed by atoms with Crippen LogP contribution >= 0.6 is 11.8 Å². The molecule has 0 bridgehead atoms. The van der Waals surface area contributed by atoms with Crippen LogP contribution in [-0.4, -0.2) is 38.9 Å². The van der Waals surface area contributed by atoms with Crippen molar-refractivity contribution in [1.29, 1.82) is 0 Å². The van der Waals surface area contributed by atoms with Crippen molar-refractivity contribution in [1.82, 2.24) is 14.7 Å². The second-order valence-corrected chi connectivity index (χ2v) is 9.33. The van der Waals surface area contributed by atoms with E-state index in [0.29, 0.717) is 16.8 Å². The molecular formula is C24H21N5O3S. The number of nitrogens with one attached hydrogen (secondary N) is 1. The van der Waals surface area contributed by atoms with Crippen molar-refractivity contribution < 1.29 is 14.4 Å². The molecule has 0 fully saturated rings. The molecule has 166 valence electrons. The van der Waals surface area contributed by atoms with Gasteiger partial charge in [0, 0.05) is 48.2 Å². The van der Waals surface area contributed by atoms with Gasteiger partial charge in [0.15, 0.2) is 0 Å². The Bertz CT molecular complexity index is 1330. The summed E-state index contributed by atoms with van der Waals surface area (Å²) in [6.07, 6.45) is -0.442. The van der Waals surface area contributed by atoms with Crippen molar-refractivity contribution >= 4 is 41.0 Å². The maximum Gasteiger partial charge on any atom is 0.260 e. The van der Waals surface area contributed by atoms with Crippen LogP contribution in [0.2, 0.25) is 0 Å². The second kappa shape index (κ2) is 7.48. The fraction of sp³-hybridized carbons (Fsp3) is 0.250. The number of amides is 3. The minimum atomic E-state index is -0.554. The largest absolute Gasteiger partial charge is 0.313 e. The lowest BCUT2D eigenvalue weighted by Crippen LogP contribution is -2.49. The van der Waals surface area contributed by atoms with Crippen LogP contribution in [0, 0.1) is 0 Å². The van der Waals surface area contributed by atoms with Gasteiger partial charge >= 0.3 is 0 Å². The number of anilines is 2. The summed E-state index contributed by atoms with van der Waals surface area (Å²) >= 11 is 1.78. The lowest BCUT2D eigenvalue weighted by Gasteiger charge is -2.40. The van der Waals surface area contributed by atoms with E-state index in [1.54, 1.807) is 50.5 Å². The molecule has 0 unspecified atom stereocenters. The topological polar surface area (TPSA) is 87.5 Å². The van der Waals surface area contributed by atoms with E-state index in [2.05, 4.69) is 10.4 Å². The number of hydrogen-bond donors (Lipinski definition) is 1. The van der Waals surface area contributed by atoms with Gasteiger partial charge in [-0.15, -0.1) is 0 Å². The van der Waals surface area contributed by atoms with Crippen molar-refractivity contribution in [2.24, 2.45) is 7.05 Å². The number of thioether (sulfide) groups is 1. The first-order valence-electron chi connectivity index (χ1n) is 10.8. The third kappa shape index (κ3) is 2.99. The van der Waals surface area contributed by atoms with Crippen LogP contribution in [0.4, 0.5) is 11.5 Å². The van der Waals surface area contributed by atoms with Crippen molar-refractivity contribution in [3.05, 3.63) is 76.5 Å². The van der Waals surface area contributed by atoms with Crippen molar-refractivity contribution in [2.75, 3.05) is 16.8 Å². The molecule has 3 amide bonds. The molecule has 1 N–H and O–H groups in total. The summed E-state index contributed by atoms with van der Waals surface area (Å²) in [5.41, 5.74) is 4.53. The van der Waals surface area contributed by atoms with Crippen molar-refractivity contribution in [3.63, 3.8) is 0 Å². The number of hydrogen-bond acceptors (Lipinski definition) is 5. The highest BCUT2D eigenvalue weighted by atomic mass is 32.2. The first kappa shape index (κ1) is 20.0. The molecule has 1 atom stereocenters. The van der Waals surface area contributed by atoms with Gasteiger partial charge in [0.2, 0.25) is 5.91 Å². The second-order valence-electron chi connectivity index (χ2n) is 8.34. The smallest absolute Gasteiger partial charge is 0.260 e. The molecule has 2 aromatic carbocycles. The number of nitrogens with zero attached hydrogens (tertiary/aromatic N) is 4. The van der Waals surface area contributed by atoms with Crippen LogP contribution in [0.15, 0.2) is 48.5 Å². The molecule has 3 aromatic rings. The molecule has 0 aliphatic carbocycles. The van der Waals surface area contributed by atoms with Gasteiger partial charge in [0.25, 0.3) is 11.8 Å². The minimum absolute atomic E-state index is 0.113. The van der Waals surface area contributed by atoms with Gasteiger partial charge in [0.1, 0.15) is 12.0 Å². The molecule has 0 saturated carbocycles. The molecule has 33 heavy (non-hydrogen) atoms. The third-order valence-corrected chi connectivity index (χ3v) is 7.40. The molecule has 6 rings (SSSR count). The fourth-order valence-electron chi connectivity index (χ4n) is 4.91. The molecule has 9 heteroatoms. The molecule has 0 radical (unpaired) electrons. The van der Waals surface area contributed by atoms with Gasteiger partial charge in [0.05, 0.1) is 16.9 Å². The van der Waals surface area contributed by atoms with Crippen LogP contribution in [0.5, 0.6) is 0 Å². The number of fused-ring (bicyclic) bond motifs is 6. The Labute approximate surface area is 194 Å². The van der Waals surface area contributed by atoms with Crippen molar-refractivity contribution in [3.8, 4) is 0 Å². The monoisotopic (exact) mass is 459 g/mol. The highest BCUT2D eigenvalue weighted by molar-refractivity contribution is 7.98. The molecule has 0 spiro atoms. The third-order valence-electron chi connectivity index (χ3n) is 6.43. The van der Waals surface area contributed by atoms with Gasteiger partial charge in [-0.3, -0.25) is 24.0 Å². The van der Waals surface area contributed by atoms with Crippen molar-refractivity contribution in [2.45, 2.75) is 24.1 Å². The molecule has 4 heterocycles. The first-order valence-corrected chi connectivity index (χ1v) is 11.9. The summed E-state index contributed by atoms with van der Waals surface area (Å²) in [6, 6.07) is 14.5. The van der Waals surface area contributed by atoms with E-state index in [1.165, 1.54) is 0 Å². The van der Waals surface area contributed by atoms with E-state index >= 15 is 0 Å². The summed E-state index contributed by atoms with van der Waals surface area (Å²) in [5.74, 6) is 1.91. The fourth-order valence-corrected chi connectivity index (χ4v) is 5.95. The van der Waals surface area contributed by atoms with Crippen LogP contribution in [0.3, 0.4) is 0 Å². The number of carbonyl (C=O) groups is 3. The van der Waals surface area contributed by atoms with Crippen LogP contribution < -0.4 is 10.2 Å². The summed E-state index contributed by atoms with van der Waals surface area (Å²) in [4.78, 5) is 42.9. The quantitative estimate of drug-likeness (QED) is 0.647. The molecule has 3 aliphatic heterocycles. The summed E-state index contributed by atoms with van der Waals surface area (Å²) in [6.45, 7) is 0.191. The Hall–Kier alpha value is -3.59. The van der Waals surface area contributed by atoms with E-state index < -0.39 is 6.17 Å². The van der Waals surface area contributed by atoms with E-state index in [-0.39, 0.29) is 30.7 Å². The van der Waals surface area contributed by atoms with E-state index in [1.807, 2.05) is 31.3 Å². The molecular weight excluding hydrogens is 438 g/mol. The number of carbonyl (C=O) groups excluding carboxylic acids is 3. The SMILES string of the molecule is Cn1nc2c(c1NC(=O)CCN1C(=O)c3ccccc3N3C(=O)c4ccccc4[C@H]13)CSC2. The average Bonchev–Trinajstić information content (AvgIpc) is 3.48. The van der Waals surface area contributed by atoms with E-state index in [9.17, 15) is 14.4 Å². The maximum absolute atomic E-state index is 13.5. The number of benzene rings is 2. The Morgan fingerprint density at radius 3 is 2.67 bits per heavy atom. The zero-order valence-corrected chi connectivity index (χ0v) is 18.8. The first-order chi connectivity index (χ1) is 16.0. The lowest BCUT2D eigenvalue weighted by molar-refractivity contribution is -0.116. The van der Waals surface area contributed by atoms with Crippen LogP contribution in [0.25, 0.3) is 0 Å². The normalized spacial score (nSPS) is 18.2. The minimum Gasteiger partial charge on any atom is -0.313 e. The van der Waals surface area contributed by atoms with E-state index in [4.69, 9.17) is 0 Å². The van der Waals surface area contributed by atoms with Crippen LogP contribution in [-0.2, 0) is 23.3 Å². The van der Waals surface area contributed by atoms with E-state index in [0.717, 1.165) is 34.1 Å². The van der Waals surface area contributed by atoms with Gasteiger partial charge < -0.3 is 10.2 Å². The number of rotatable bonds is 4. The standard InChI is InChI=1S/C24H21N5O3S/c1-27-21(17-12-33-13-18(17)26-27)25-20(30)10-11-28-22-14-6-2-3-7-15(14)24(32)29(22)19-9-5-4-8-16(19)23(28)31/h2-9,22H,10-13H2,1H3,(H,25,30)/t22-/m1/s1. The maximum atomic E-state index is 13.5. The molecule has 0 saturated heterocycles. The Kier molecular flexibility index (Phi) is 4.55. The summed E-state index contributed by atoms with van der Waals surface area (Å²) < 4.78 is 1.71. The van der Waals surface area contributed by atoms with Gasteiger partial charge in [-0.05, 0) is 18.2 Å².